The minimum Gasteiger partial charge on any atom is -0.378 e. The van der Waals surface area contributed by atoms with Crippen LogP contribution in [-0.4, -0.2) is 44.2 Å². The van der Waals surface area contributed by atoms with Crippen molar-refractivity contribution >= 4 is 0 Å². The molecule has 2 aliphatic rings. The van der Waals surface area contributed by atoms with Crippen LogP contribution < -0.4 is 5.32 Å². The van der Waals surface area contributed by atoms with E-state index in [1.807, 2.05) is 6.92 Å². The molecule has 3 unspecified atom stereocenters. The van der Waals surface area contributed by atoms with Crippen molar-refractivity contribution in [2.24, 2.45) is 5.92 Å². The highest BCUT2D eigenvalue weighted by Gasteiger charge is 2.45. The molecule has 0 aromatic carbocycles. The standard InChI is InChI=1S/C14H24F3NO2/c1-2-5-18-12(9-14(15,16)17)11-3-6-20-13(8-11)4-7-19-10-13/h11-12,18H,2-10H2,1H3. The van der Waals surface area contributed by atoms with Crippen LogP contribution in [0.5, 0.6) is 0 Å². The molecule has 2 heterocycles. The highest BCUT2D eigenvalue weighted by molar-refractivity contribution is 4.94. The van der Waals surface area contributed by atoms with Crippen molar-refractivity contribution < 1.29 is 22.6 Å². The summed E-state index contributed by atoms with van der Waals surface area (Å²) in [6.07, 6.45) is -1.87. The summed E-state index contributed by atoms with van der Waals surface area (Å²) < 4.78 is 49.5. The van der Waals surface area contributed by atoms with Crippen molar-refractivity contribution in [1.29, 1.82) is 0 Å². The second kappa shape index (κ2) is 6.62. The third kappa shape index (κ3) is 4.33. The van der Waals surface area contributed by atoms with Gasteiger partial charge in [0, 0.05) is 25.7 Å². The third-order valence-electron chi connectivity index (χ3n) is 4.28. The van der Waals surface area contributed by atoms with Gasteiger partial charge in [-0.3, -0.25) is 0 Å². The lowest BCUT2D eigenvalue weighted by Crippen LogP contribution is -2.48. The fraction of sp³-hybridized carbons (Fsp3) is 1.00. The van der Waals surface area contributed by atoms with Gasteiger partial charge in [-0.25, -0.2) is 0 Å². The summed E-state index contributed by atoms with van der Waals surface area (Å²) in [7, 11) is 0. The first-order chi connectivity index (χ1) is 9.44. The Kier molecular flexibility index (Phi) is 5.31. The monoisotopic (exact) mass is 295 g/mol. The lowest BCUT2D eigenvalue weighted by Gasteiger charge is -2.41. The summed E-state index contributed by atoms with van der Waals surface area (Å²) in [6, 6.07) is -0.503. The predicted octanol–water partition coefficient (Wildman–Crippen LogP) is 2.89. The number of rotatable bonds is 5. The van der Waals surface area contributed by atoms with E-state index in [4.69, 9.17) is 9.47 Å². The van der Waals surface area contributed by atoms with Crippen LogP contribution in [0.3, 0.4) is 0 Å². The van der Waals surface area contributed by atoms with Crippen LogP contribution in [0.25, 0.3) is 0 Å². The van der Waals surface area contributed by atoms with E-state index in [0.29, 0.717) is 39.2 Å². The molecule has 0 saturated carbocycles. The number of nitrogens with one attached hydrogen (secondary N) is 1. The zero-order valence-electron chi connectivity index (χ0n) is 12.0. The van der Waals surface area contributed by atoms with Crippen LogP contribution >= 0.6 is 0 Å². The largest absolute Gasteiger partial charge is 0.390 e. The molecule has 0 bridgehead atoms. The Morgan fingerprint density at radius 1 is 1.35 bits per heavy atom. The Hall–Kier alpha value is -0.330. The second-order valence-corrected chi connectivity index (χ2v) is 5.97. The summed E-state index contributed by atoms with van der Waals surface area (Å²) in [6.45, 7) is 4.31. The molecule has 2 aliphatic heterocycles. The molecule has 0 amide bonds. The highest BCUT2D eigenvalue weighted by atomic mass is 19.4. The minimum atomic E-state index is -4.12. The molecule has 3 nitrogen and oxygen atoms in total. The van der Waals surface area contributed by atoms with Crippen LogP contribution in [-0.2, 0) is 9.47 Å². The lowest BCUT2D eigenvalue weighted by atomic mass is 9.80. The molecule has 1 spiro atoms. The second-order valence-electron chi connectivity index (χ2n) is 5.97. The van der Waals surface area contributed by atoms with Crippen LogP contribution in [0.2, 0.25) is 0 Å². The van der Waals surface area contributed by atoms with E-state index in [-0.39, 0.29) is 11.5 Å². The van der Waals surface area contributed by atoms with E-state index in [0.717, 1.165) is 12.8 Å². The number of alkyl halides is 3. The molecule has 0 aliphatic carbocycles. The molecule has 2 saturated heterocycles. The van der Waals surface area contributed by atoms with Gasteiger partial charge in [-0.05, 0) is 31.7 Å². The van der Waals surface area contributed by atoms with E-state index >= 15 is 0 Å². The molecule has 20 heavy (non-hydrogen) atoms. The van der Waals surface area contributed by atoms with Crippen LogP contribution in [0.15, 0.2) is 0 Å². The molecule has 2 rings (SSSR count). The fourth-order valence-electron chi connectivity index (χ4n) is 3.26. The SMILES string of the molecule is CCCNC(CC(F)(F)F)C1CCOC2(CCOC2)C1. The average molecular weight is 295 g/mol. The fourth-order valence-corrected chi connectivity index (χ4v) is 3.26. The zero-order chi connectivity index (χ0) is 14.6. The summed E-state index contributed by atoms with van der Waals surface area (Å²) in [5.74, 6) is 0.0126. The van der Waals surface area contributed by atoms with Crippen molar-refractivity contribution in [2.45, 2.75) is 56.8 Å². The Labute approximate surface area is 118 Å². The van der Waals surface area contributed by atoms with Gasteiger partial charge in [0.1, 0.15) is 0 Å². The van der Waals surface area contributed by atoms with Crippen LogP contribution in [0.1, 0.15) is 39.0 Å². The molecular formula is C14H24F3NO2. The third-order valence-corrected chi connectivity index (χ3v) is 4.28. The van der Waals surface area contributed by atoms with E-state index in [2.05, 4.69) is 5.32 Å². The van der Waals surface area contributed by atoms with Gasteiger partial charge >= 0.3 is 6.18 Å². The molecule has 118 valence electrons. The number of ether oxygens (including phenoxy) is 2. The van der Waals surface area contributed by atoms with E-state index in [9.17, 15) is 13.2 Å². The molecule has 0 aromatic heterocycles. The Balaban J connectivity index is 1.99. The smallest absolute Gasteiger partial charge is 0.378 e. The first-order valence-electron chi connectivity index (χ1n) is 7.46. The zero-order valence-corrected chi connectivity index (χ0v) is 12.0. The Morgan fingerprint density at radius 3 is 2.75 bits per heavy atom. The normalized spacial score (nSPS) is 32.7. The summed E-state index contributed by atoms with van der Waals surface area (Å²) in [5, 5.41) is 3.09. The maximum atomic E-state index is 12.8. The van der Waals surface area contributed by atoms with E-state index < -0.39 is 18.6 Å². The molecular weight excluding hydrogens is 271 g/mol. The Morgan fingerprint density at radius 2 is 2.15 bits per heavy atom. The number of hydrogen-bond acceptors (Lipinski definition) is 3. The van der Waals surface area contributed by atoms with Gasteiger partial charge in [0.05, 0.1) is 18.6 Å². The first kappa shape index (κ1) is 16.0. The number of halogens is 3. The topological polar surface area (TPSA) is 30.5 Å². The van der Waals surface area contributed by atoms with Gasteiger partial charge < -0.3 is 14.8 Å². The average Bonchev–Trinajstić information content (AvgIpc) is 2.81. The van der Waals surface area contributed by atoms with Gasteiger partial charge in [0.25, 0.3) is 0 Å². The van der Waals surface area contributed by atoms with Crippen molar-refractivity contribution in [3.63, 3.8) is 0 Å². The van der Waals surface area contributed by atoms with Crippen molar-refractivity contribution in [3.8, 4) is 0 Å². The summed E-state index contributed by atoms with van der Waals surface area (Å²) in [4.78, 5) is 0. The predicted molar refractivity (Wildman–Crippen MR) is 69.6 cm³/mol. The van der Waals surface area contributed by atoms with Gasteiger partial charge in [0.15, 0.2) is 0 Å². The van der Waals surface area contributed by atoms with Crippen LogP contribution in [0, 0.1) is 5.92 Å². The van der Waals surface area contributed by atoms with E-state index in [1.165, 1.54) is 0 Å². The quantitative estimate of drug-likeness (QED) is 0.846. The van der Waals surface area contributed by atoms with Crippen molar-refractivity contribution in [2.75, 3.05) is 26.4 Å². The highest BCUT2D eigenvalue weighted by Crippen LogP contribution is 2.39. The maximum Gasteiger partial charge on any atom is 0.390 e. The minimum absolute atomic E-state index is 0.0126. The van der Waals surface area contributed by atoms with Gasteiger partial charge in [-0.15, -0.1) is 0 Å². The molecule has 3 atom stereocenters. The summed E-state index contributed by atoms with van der Waals surface area (Å²) >= 11 is 0. The summed E-state index contributed by atoms with van der Waals surface area (Å²) in [5.41, 5.74) is -0.333. The lowest BCUT2D eigenvalue weighted by molar-refractivity contribution is -0.152. The molecule has 6 heteroatoms. The van der Waals surface area contributed by atoms with Gasteiger partial charge in [-0.2, -0.15) is 13.2 Å². The number of hydrogen-bond donors (Lipinski definition) is 1. The van der Waals surface area contributed by atoms with Gasteiger partial charge in [-0.1, -0.05) is 6.92 Å². The van der Waals surface area contributed by atoms with Crippen LogP contribution in [0.4, 0.5) is 13.2 Å². The molecule has 2 fully saturated rings. The molecule has 0 aromatic rings. The maximum absolute atomic E-state index is 12.8. The first-order valence-corrected chi connectivity index (χ1v) is 7.46. The molecule has 1 N–H and O–H groups in total. The Bertz CT molecular complexity index is 303. The van der Waals surface area contributed by atoms with Crippen molar-refractivity contribution in [1.82, 2.24) is 5.32 Å². The van der Waals surface area contributed by atoms with Gasteiger partial charge in [0.2, 0.25) is 0 Å². The van der Waals surface area contributed by atoms with Crippen molar-refractivity contribution in [3.05, 3.63) is 0 Å². The molecule has 0 radical (unpaired) electrons. The van der Waals surface area contributed by atoms with E-state index in [1.54, 1.807) is 0 Å².